The normalized spacial score (nSPS) is 19.9. The van der Waals surface area contributed by atoms with E-state index in [1.807, 2.05) is 6.20 Å². The highest BCUT2D eigenvalue weighted by atomic mass is 79.9. The summed E-state index contributed by atoms with van der Waals surface area (Å²) in [5.74, 6) is 1.11. The van der Waals surface area contributed by atoms with Gasteiger partial charge in [-0.1, -0.05) is 6.92 Å². The second kappa shape index (κ2) is 6.36. The monoisotopic (exact) mass is 297 g/mol. The van der Waals surface area contributed by atoms with Crippen LogP contribution in [0.5, 0.6) is 0 Å². The Bertz CT molecular complexity index is 339. The van der Waals surface area contributed by atoms with Crippen molar-refractivity contribution in [1.29, 1.82) is 0 Å². The van der Waals surface area contributed by atoms with Crippen molar-refractivity contribution in [2.75, 3.05) is 24.5 Å². The van der Waals surface area contributed by atoms with E-state index in [1.54, 1.807) is 0 Å². The highest BCUT2D eigenvalue weighted by Crippen LogP contribution is 2.24. The SMILES string of the molecule is CCCNCC1CCCN1c1ccc(Br)cn1. The molecule has 2 heterocycles. The van der Waals surface area contributed by atoms with E-state index in [4.69, 9.17) is 0 Å². The van der Waals surface area contributed by atoms with Crippen molar-refractivity contribution in [2.45, 2.75) is 32.2 Å². The van der Waals surface area contributed by atoms with Gasteiger partial charge in [-0.25, -0.2) is 4.98 Å². The lowest BCUT2D eigenvalue weighted by molar-refractivity contribution is 0.568. The molecule has 1 fully saturated rings. The third kappa shape index (κ3) is 3.42. The molecule has 1 aromatic rings. The molecule has 0 aromatic carbocycles. The minimum atomic E-state index is 0.607. The average Bonchev–Trinajstić information content (AvgIpc) is 2.79. The summed E-state index contributed by atoms with van der Waals surface area (Å²) in [5.41, 5.74) is 0. The van der Waals surface area contributed by atoms with E-state index in [0.29, 0.717) is 6.04 Å². The zero-order valence-electron chi connectivity index (χ0n) is 10.3. The Labute approximate surface area is 112 Å². The molecule has 4 heteroatoms. The van der Waals surface area contributed by atoms with E-state index in [-0.39, 0.29) is 0 Å². The Kier molecular flexibility index (Phi) is 4.80. The Morgan fingerprint density at radius 1 is 1.53 bits per heavy atom. The van der Waals surface area contributed by atoms with Gasteiger partial charge in [-0.3, -0.25) is 0 Å². The quantitative estimate of drug-likeness (QED) is 0.847. The topological polar surface area (TPSA) is 28.2 Å². The van der Waals surface area contributed by atoms with Crippen molar-refractivity contribution in [2.24, 2.45) is 0 Å². The lowest BCUT2D eigenvalue weighted by Gasteiger charge is -2.26. The second-order valence-electron chi connectivity index (χ2n) is 4.53. The molecule has 2 rings (SSSR count). The molecular weight excluding hydrogens is 278 g/mol. The number of pyridine rings is 1. The standard InChI is InChI=1S/C13H20BrN3/c1-2-7-15-10-12-4-3-8-17(12)13-6-5-11(14)9-16-13/h5-6,9,12,15H,2-4,7-8,10H2,1H3. The predicted molar refractivity (Wildman–Crippen MR) is 75.5 cm³/mol. The molecule has 3 nitrogen and oxygen atoms in total. The van der Waals surface area contributed by atoms with Crippen molar-refractivity contribution in [3.8, 4) is 0 Å². The van der Waals surface area contributed by atoms with Gasteiger partial charge in [0.15, 0.2) is 0 Å². The summed E-state index contributed by atoms with van der Waals surface area (Å²) in [6.07, 6.45) is 5.62. The van der Waals surface area contributed by atoms with Gasteiger partial charge in [0.2, 0.25) is 0 Å². The number of nitrogens with one attached hydrogen (secondary N) is 1. The molecule has 94 valence electrons. The molecule has 1 unspecified atom stereocenters. The molecule has 17 heavy (non-hydrogen) atoms. The maximum Gasteiger partial charge on any atom is 0.128 e. The minimum absolute atomic E-state index is 0.607. The van der Waals surface area contributed by atoms with Crippen LogP contribution in [0.4, 0.5) is 5.82 Å². The summed E-state index contributed by atoms with van der Waals surface area (Å²) in [6, 6.07) is 4.77. The summed E-state index contributed by atoms with van der Waals surface area (Å²) < 4.78 is 1.04. The fraction of sp³-hybridized carbons (Fsp3) is 0.615. The van der Waals surface area contributed by atoms with Gasteiger partial charge in [0.05, 0.1) is 0 Å². The van der Waals surface area contributed by atoms with Gasteiger partial charge >= 0.3 is 0 Å². The Morgan fingerprint density at radius 2 is 2.41 bits per heavy atom. The second-order valence-corrected chi connectivity index (χ2v) is 5.44. The van der Waals surface area contributed by atoms with Crippen molar-refractivity contribution >= 4 is 21.7 Å². The van der Waals surface area contributed by atoms with Crippen LogP contribution in [0.3, 0.4) is 0 Å². The van der Waals surface area contributed by atoms with Gasteiger partial charge in [-0.05, 0) is 53.9 Å². The molecule has 1 atom stereocenters. The first-order valence-electron chi connectivity index (χ1n) is 6.40. The van der Waals surface area contributed by atoms with E-state index in [9.17, 15) is 0 Å². The molecule has 0 amide bonds. The first kappa shape index (κ1) is 12.8. The number of hydrogen-bond acceptors (Lipinski definition) is 3. The lowest BCUT2D eigenvalue weighted by Crippen LogP contribution is -2.38. The maximum atomic E-state index is 4.49. The molecule has 1 aliphatic heterocycles. The fourth-order valence-corrected chi connectivity index (χ4v) is 2.57. The van der Waals surface area contributed by atoms with Gasteiger partial charge in [0.25, 0.3) is 0 Å². The summed E-state index contributed by atoms with van der Waals surface area (Å²) >= 11 is 3.43. The van der Waals surface area contributed by atoms with E-state index in [0.717, 1.165) is 29.9 Å². The van der Waals surface area contributed by atoms with Crippen molar-refractivity contribution in [3.05, 3.63) is 22.8 Å². The van der Waals surface area contributed by atoms with Crippen molar-refractivity contribution in [3.63, 3.8) is 0 Å². The smallest absolute Gasteiger partial charge is 0.128 e. The van der Waals surface area contributed by atoms with Crippen LogP contribution in [0.25, 0.3) is 0 Å². The number of rotatable bonds is 5. The Balaban J connectivity index is 1.96. The molecule has 1 aromatic heterocycles. The van der Waals surface area contributed by atoms with Crippen LogP contribution >= 0.6 is 15.9 Å². The van der Waals surface area contributed by atoms with Gasteiger partial charge in [-0.15, -0.1) is 0 Å². The van der Waals surface area contributed by atoms with Crippen molar-refractivity contribution < 1.29 is 0 Å². The van der Waals surface area contributed by atoms with Gasteiger partial charge in [-0.2, -0.15) is 0 Å². The zero-order valence-corrected chi connectivity index (χ0v) is 11.9. The largest absolute Gasteiger partial charge is 0.352 e. The minimum Gasteiger partial charge on any atom is -0.352 e. The fourth-order valence-electron chi connectivity index (χ4n) is 2.33. The third-order valence-corrected chi connectivity index (χ3v) is 3.66. The number of nitrogens with zero attached hydrogens (tertiary/aromatic N) is 2. The number of halogens is 1. The highest BCUT2D eigenvalue weighted by Gasteiger charge is 2.24. The third-order valence-electron chi connectivity index (χ3n) is 3.19. The molecule has 1 aliphatic rings. The summed E-state index contributed by atoms with van der Waals surface area (Å²) in [5, 5.41) is 3.51. The van der Waals surface area contributed by atoms with Crippen LogP contribution < -0.4 is 10.2 Å². The van der Waals surface area contributed by atoms with Crippen LogP contribution in [0.1, 0.15) is 26.2 Å². The predicted octanol–water partition coefficient (Wildman–Crippen LogP) is 2.81. The Morgan fingerprint density at radius 3 is 3.12 bits per heavy atom. The van der Waals surface area contributed by atoms with Gasteiger partial charge in [0, 0.05) is 29.8 Å². The van der Waals surface area contributed by atoms with E-state index >= 15 is 0 Å². The van der Waals surface area contributed by atoms with Crippen molar-refractivity contribution in [1.82, 2.24) is 10.3 Å². The van der Waals surface area contributed by atoms with Gasteiger partial charge in [0.1, 0.15) is 5.82 Å². The molecule has 0 aliphatic carbocycles. The summed E-state index contributed by atoms with van der Waals surface area (Å²) in [6.45, 7) is 5.52. The average molecular weight is 298 g/mol. The molecule has 1 N–H and O–H groups in total. The van der Waals surface area contributed by atoms with E-state index < -0.39 is 0 Å². The van der Waals surface area contributed by atoms with Gasteiger partial charge < -0.3 is 10.2 Å². The molecular formula is C13H20BrN3. The summed E-state index contributed by atoms with van der Waals surface area (Å²) in [7, 11) is 0. The molecule has 0 radical (unpaired) electrons. The number of hydrogen-bond donors (Lipinski definition) is 1. The molecule has 0 spiro atoms. The van der Waals surface area contributed by atoms with Crippen LogP contribution in [-0.4, -0.2) is 30.7 Å². The van der Waals surface area contributed by atoms with E-state index in [2.05, 4.69) is 50.2 Å². The number of aromatic nitrogens is 1. The molecule has 0 saturated carbocycles. The van der Waals surface area contributed by atoms with Crippen LogP contribution in [0.15, 0.2) is 22.8 Å². The summed E-state index contributed by atoms with van der Waals surface area (Å²) in [4.78, 5) is 6.92. The van der Waals surface area contributed by atoms with E-state index in [1.165, 1.54) is 19.3 Å². The zero-order chi connectivity index (χ0) is 12.1. The molecule has 0 bridgehead atoms. The maximum absolute atomic E-state index is 4.49. The van der Waals surface area contributed by atoms with Crippen LogP contribution in [0, 0.1) is 0 Å². The first-order valence-corrected chi connectivity index (χ1v) is 7.19. The lowest BCUT2D eigenvalue weighted by atomic mass is 10.2. The Hall–Kier alpha value is -0.610. The van der Waals surface area contributed by atoms with Crippen LogP contribution in [-0.2, 0) is 0 Å². The first-order chi connectivity index (χ1) is 8.31. The highest BCUT2D eigenvalue weighted by molar-refractivity contribution is 9.10. The molecule has 1 saturated heterocycles. The van der Waals surface area contributed by atoms with Crippen LogP contribution in [0.2, 0.25) is 0 Å². The number of anilines is 1.